The summed E-state index contributed by atoms with van der Waals surface area (Å²) in [4.78, 5) is 4.05. The van der Waals surface area contributed by atoms with Crippen LogP contribution in [-0.2, 0) is 13.8 Å². The van der Waals surface area contributed by atoms with Gasteiger partial charge in [0.05, 0.1) is 4.90 Å². The van der Waals surface area contributed by atoms with Gasteiger partial charge in [0.25, 0.3) is 10.0 Å². The molecule has 0 saturated heterocycles. The van der Waals surface area contributed by atoms with Gasteiger partial charge in [0.15, 0.2) is 0 Å². The van der Waals surface area contributed by atoms with E-state index < -0.39 is 13.8 Å². The normalized spacial score (nSPS) is 12.2. The lowest BCUT2D eigenvalue weighted by atomic mass is 10.2. The molecule has 112 valence electrons. The van der Waals surface area contributed by atoms with E-state index in [1.165, 1.54) is 30.5 Å². The number of hydrogen-bond acceptors (Lipinski definition) is 3. The average Bonchev–Trinajstić information content (AvgIpc) is 2.38. The van der Waals surface area contributed by atoms with Crippen molar-refractivity contribution in [1.82, 2.24) is 4.98 Å². The maximum atomic E-state index is 12.2. The first-order valence-electron chi connectivity index (χ1n) is 5.81. The molecular formula is C13H11Cl3N2O2S. The summed E-state index contributed by atoms with van der Waals surface area (Å²) in [6.45, 7) is 1.87. The van der Waals surface area contributed by atoms with Crippen LogP contribution in [0.25, 0.3) is 0 Å². The van der Waals surface area contributed by atoms with Crippen molar-refractivity contribution >= 4 is 50.6 Å². The highest BCUT2D eigenvalue weighted by Gasteiger charge is 2.24. The van der Waals surface area contributed by atoms with Crippen molar-refractivity contribution in [2.24, 2.45) is 0 Å². The predicted octanol–water partition coefficient (Wildman–Crippen LogP) is 4.02. The molecule has 1 heterocycles. The molecule has 1 N–H and O–H groups in total. The van der Waals surface area contributed by atoms with E-state index in [9.17, 15) is 8.42 Å². The van der Waals surface area contributed by atoms with Crippen LogP contribution in [0, 0.1) is 6.92 Å². The number of aromatic nitrogens is 1. The second-order valence-corrected chi connectivity index (χ2v) is 8.31. The number of pyridine rings is 1. The van der Waals surface area contributed by atoms with Crippen LogP contribution >= 0.6 is 34.8 Å². The van der Waals surface area contributed by atoms with Crippen molar-refractivity contribution in [3.8, 4) is 0 Å². The quantitative estimate of drug-likeness (QED) is 0.836. The number of nitrogens with one attached hydrogen (secondary N) is 1. The highest BCUT2D eigenvalue weighted by atomic mass is 35.6. The van der Waals surface area contributed by atoms with Gasteiger partial charge in [-0.1, -0.05) is 52.5 Å². The zero-order valence-corrected chi connectivity index (χ0v) is 13.9. The number of sulfonamides is 1. The Morgan fingerprint density at radius 3 is 2.29 bits per heavy atom. The van der Waals surface area contributed by atoms with Gasteiger partial charge in [0, 0.05) is 11.8 Å². The molecule has 0 unspecified atom stereocenters. The fraction of sp³-hybridized carbons (Fsp3) is 0.154. The van der Waals surface area contributed by atoms with Crippen molar-refractivity contribution in [2.45, 2.75) is 15.6 Å². The molecule has 1 aromatic heterocycles. The summed E-state index contributed by atoms with van der Waals surface area (Å²) in [7, 11) is -3.73. The van der Waals surface area contributed by atoms with E-state index in [1.807, 2.05) is 6.92 Å². The van der Waals surface area contributed by atoms with E-state index in [2.05, 4.69) is 9.71 Å². The van der Waals surface area contributed by atoms with Crippen LogP contribution in [0.15, 0.2) is 47.5 Å². The number of aryl methyl sites for hydroxylation is 1. The highest BCUT2D eigenvalue weighted by Crippen LogP contribution is 2.38. The molecule has 2 rings (SSSR count). The van der Waals surface area contributed by atoms with Gasteiger partial charge < -0.3 is 0 Å². The number of benzene rings is 1. The molecule has 2 aromatic rings. The van der Waals surface area contributed by atoms with E-state index in [0.29, 0.717) is 5.56 Å². The molecule has 0 bridgehead atoms. The molecule has 1 aromatic carbocycles. The SMILES string of the molecule is Cc1ccc(S(=O)(=O)Nc2cc(C(Cl)(Cl)Cl)ccn2)cc1. The van der Waals surface area contributed by atoms with Gasteiger partial charge >= 0.3 is 0 Å². The second kappa shape index (κ2) is 6.01. The molecule has 0 amide bonds. The van der Waals surface area contributed by atoms with Crippen LogP contribution in [-0.4, -0.2) is 13.4 Å². The standard InChI is InChI=1S/C13H11Cl3N2O2S/c1-9-2-4-11(5-3-9)21(19,20)18-12-8-10(6-7-17-12)13(14,15)16/h2-8H,1H3,(H,17,18). The Morgan fingerprint density at radius 1 is 1.10 bits per heavy atom. The number of rotatable bonds is 3. The Bertz CT molecular complexity index is 741. The van der Waals surface area contributed by atoms with E-state index in [0.717, 1.165) is 5.56 Å². The van der Waals surface area contributed by atoms with Crippen molar-refractivity contribution in [3.63, 3.8) is 0 Å². The fourth-order valence-corrected chi connectivity index (χ4v) is 2.93. The largest absolute Gasteiger partial charge is 0.263 e. The first-order valence-corrected chi connectivity index (χ1v) is 8.43. The fourth-order valence-electron chi connectivity index (χ4n) is 1.58. The molecule has 0 aliphatic carbocycles. The second-order valence-electron chi connectivity index (χ2n) is 4.35. The van der Waals surface area contributed by atoms with Crippen LogP contribution < -0.4 is 4.72 Å². The topological polar surface area (TPSA) is 59.1 Å². The molecule has 0 saturated carbocycles. The smallest absolute Gasteiger partial charge is 0.263 e. The number of halogens is 3. The minimum atomic E-state index is -3.73. The number of hydrogen-bond donors (Lipinski definition) is 1. The molecule has 4 nitrogen and oxygen atoms in total. The van der Waals surface area contributed by atoms with Crippen molar-refractivity contribution in [1.29, 1.82) is 0 Å². The Kier molecular flexibility index (Phi) is 4.68. The molecule has 21 heavy (non-hydrogen) atoms. The first-order chi connectivity index (χ1) is 9.68. The summed E-state index contributed by atoms with van der Waals surface area (Å²) in [6.07, 6.45) is 1.37. The minimum absolute atomic E-state index is 0.0828. The van der Waals surface area contributed by atoms with Crippen LogP contribution in [0.5, 0.6) is 0 Å². The third kappa shape index (κ3) is 4.23. The third-order valence-electron chi connectivity index (χ3n) is 2.66. The van der Waals surface area contributed by atoms with Gasteiger partial charge in [-0.3, -0.25) is 4.72 Å². The van der Waals surface area contributed by atoms with Gasteiger partial charge in [0.1, 0.15) is 5.82 Å². The number of nitrogens with zero attached hydrogens (tertiary/aromatic N) is 1. The van der Waals surface area contributed by atoms with E-state index in [1.54, 1.807) is 12.1 Å². The predicted molar refractivity (Wildman–Crippen MR) is 85.5 cm³/mol. The summed E-state index contributed by atoms with van der Waals surface area (Å²) >= 11 is 17.3. The molecule has 0 aliphatic heterocycles. The Labute approximate surface area is 138 Å². The monoisotopic (exact) mass is 364 g/mol. The molecule has 0 fully saturated rings. The zero-order valence-electron chi connectivity index (χ0n) is 10.8. The first kappa shape index (κ1) is 16.4. The number of alkyl halides is 3. The van der Waals surface area contributed by atoms with Crippen molar-refractivity contribution in [2.75, 3.05) is 4.72 Å². The minimum Gasteiger partial charge on any atom is -0.263 e. The van der Waals surface area contributed by atoms with E-state index >= 15 is 0 Å². The van der Waals surface area contributed by atoms with Gasteiger partial charge in [-0.25, -0.2) is 13.4 Å². The maximum absolute atomic E-state index is 12.2. The summed E-state index contributed by atoms with van der Waals surface area (Å²) in [6, 6.07) is 9.31. The zero-order chi connectivity index (χ0) is 15.7. The molecule has 8 heteroatoms. The molecule has 0 radical (unpaired) electrons. The van der Waals surface area contributed by atoms with Crippen LogP contribution in [0.1, 0.15) is 11.1 Å². The summed E-state index contributed by atoms with van der Waals surface area (Å²) in [5.74, 6) is 0.0828. The van der Waals surface area contributed by atoms with Crippen LogP contribution in [0.3, 0.4) is 0 Å². The summed E-state index contributed by atoms with van der Waals surface area (Å²) in [5.41, 5.74) is 1.29. The van der Waals surface area contributed by atoms with Crippen LogP contribution in [0.2, 0.25) is 0 Å². The Morgan fingerprint density at radius 2 is 1.71 bits per heavy atom. The summed E-state index contributed by atoms with van der Waals surface area (Å²) < 4.78 is 25.2. The van der Waals surface area contributed by atoms with Crippen molar-refractivity contribution < 1.29 is 8.42 Å². The van der Waals surface area contributed by atoms with E-state index in [4.69, 9.17) is 34.8 Å². The van der Waals surface area contributed by atoms with Gasteiger partial charge in [-0.2, -0.15) is 0 Å². The number of anilines is 1. The van der Waals surface area contributed by atoms with E-state index in [-0.39, 0.29) is 10.7 Å². The van der Waals surface area contributed by atoms with Gasteiger partial charge in [-0.05, 0) is 31.2 Å². The van der Waals surface area contributed by atoms with Gasteiger partial charge in [-0.15, -0.1) is 0 Å². The molecular weight excluding hydrogens is 355 g/mol. The summed E-state index contributed by atoms with van der Waals surface area (Å²) in [5, 5.41) is 0. The lowest BCUT2D eigenvalue weighted by Gasteiger charge is -2.13. The molecule has 0 spiro atoms. The maximum Gasteiger partial charge on any atom is 0.263 e. The van der Waals surface area contributed by atoms with Gasteiger partial charge in [0.2, 0.25) is 3.79 Å². The molecule has 0 atom stereocenters. The Balaban J connectivity index is 2.31. The third-order valence-corrected chi connectivity index (χ3v) is 4.68. The highest BCUT2D eigenvalue weighted by molar-refractivity contribution is 7.92. The van der Waals surface area contributed by atoms with Crippen LogP contribution in [0.4, 0.5) is 5.82 Å². The Hall–Kier alpha value is -1.01. The molecule has 0 aliphatic rings. The average molecular weight is 366 g/mol. The lowest BCUT2D eigenvalue weighted by Crippen LogP contribution is -2.14. The lowest BCUT2D eigenvalue weighted by molar-refractivity contribution is 0.601. The van der Waals surface area contributed by atoms with Crippen molar-refractivity contribution in [3.05, 3.63) is 53.7 Å².